The summed E-state index contributed by atoms with van der Waals surface area (Å²) >= 11 is 0. The third-order valence-corrected chi connectivity index (χ3v) is 3.19. The molecular formula is C15H24N4O2. The van der Waals surface area contributed by atoms with E-state index in [0.29, 0.717) is 12.4 Å². The summed E-state index contributed by atoms with van der Waals surface area (Å²) < 4.78 is 0. The lowest BCUT2D eigenvalue weighted by Gasteiger charge is -2.17. The van der Waals surface area contributed by atoms with Crippen molar-refractivity contribution in [2.24, 2.45) is 0 Å². The Labute approximate surface area is 125 Å². The molecule has 0 aliphatic carbocycles. The van der Waals surface area contributed by atoms with Crippen molar-refractivity contribution in [1.82, 2.24) is 15.2 Å². The second kappa shape index (κ2) is 9.07. The van der Waals surface area contributed by atoms with Gasteiger partial charge in [0.2, 0.25) is 0 Å². The lowest BCUT2D eigenvalue weighted by atomic mass is 10.3. The summed E-state index contributed by atoms with van der Waals surface area (Å²) in [6.07, 6.45) is 2.41. The van der Waals surface area contributed by atoms with Crippen molar-refractivity contribution in [2.75, 3.05) is 31.5 Å². The van der Waals surface area contributed by atoms with E-state index in [9.17, 15) is 9.59 Å². The first kappa shape index (κ1) is 17.1. The lowest BCUT2D eigenvalue weighted by molar-refractivity contribution is -0.136. The number of hydrogen-bond donors (Lipinski definition) is 2. The molecule has 0 fully saturated rings. The minimum Gasteiger partial charge on any atom is -0.348 e. The molecular weight excluding hydrogens is 268 g/mol. The zero-order chi connectivity index (χ0) is 15.7. The van der Waals surface area contributed by atoms with Crippen LogP contribution >= 0.6 is 0 Å². The summed E-state index contributed by atoms with van der Waals surface area (Å²) in [5.41, 5.74) is 0.972. The molecule has 0 aliphatic rings. The number of carbonyl (C=O) groups excluding carboxylic acids is 2. The standard InChI is InChI=1S/C15H24N4O2/c1-4-19(5-2)10-6-8-17-14(20)15(21)18-13-11-12(3)7-9-16-13/h7,9,11H,4-6,8,10H2,1-3H3,(H,17,20)(H,16,18,21). The number of anilines is 1. The van der Waals surface area contributed by atoms with Crippen LogP contribution in [0, 0.1) is 6.92 Å². The maximum absolute atomic E-state index is 11.7. The highest BCUT2D eigenvalue weighted by atomic mass is 16.2. The summed E-state index contributed by atoms with van der Waals surface area (Å²) in [4.78, 5) is 29.6. The number of hydrogen-bond acceptors (Lipinski definition) is 4. The number of nitrogens with zero attached hydrogens (tertiary/aromatic N) is 2. The smallest absolute Gasteiger partial charge is 0.314 e. The summed E-state index contributed by atoms with van der Waals surface area (Å²) in [5.74, 6) is -0.924. The first-order valence-corrected chi connectivity index (χ1v) is 7.31. The maximum Gasteiger partial charge on any atom is 0.314 e. The number of amides is 2. The second-order valence-corrected chi connectivity index (χ2v) is 4.81. The van der Waals surface area contributed by atoms with Crippen LogP contribution in [0.15, 0.2) is 18.3 Å². The third kappa shape index (κ3) is 6.35. The fourth-order valence-electron chi connectivity index (χ4n) is 1.90. The van der Waals surface area contributed by atoms with Crippen molar-refractivity contribution in [3.05, 3.63) is 23.9 Å². The van der Waals surface area contributed by atoms with E-state index in [4.69, 9.17) is 0 Å². The molecule has 0 atom stereocenters. The average molecular weight is 292 g/mol. The molecule has 0 unspecified atom stereocenters. The van der Waals surface area contributed by atoms with Crippen LogP contribution in [0.5, 0.6) is 0 Å². The van der Waals surface area contributed by atoms with Gasteiger partial charge in [0.05, 0.1) is 0 Å². The van der Waals surface area contributed by atoms with E-state index in [1.165, 1.54) is 0 Å². The van der Waals surface area contributed by atoms with Crippen LogP contribution in [-0.4, -0.2) is 47.9 Å². The van der Waals surface area contributed by atoms with E-state index >= 15 is 0 Å². The van der Waals surface area contributed by atoms with Gasteiger partial charge in [-0.15, -0.1) is 0 Å². The van der Waals surface area contributed by atoms with Crippen molar-refractivity contribution >= 4 is 17.6 Å². The predicted molar refractivity (Wildman–Crippen MR) is 83.0 cm³/mol. The topological polar surface area (TPSA) is 74.3 Å². The molecule has 1 rings (SSSR count). The molecule has 1 heterocycles. The summed E-state index contributed by atoms with van der Waals surface area (Å²) in [5, 5.41) is 5.10. The molecule has 0 bridgehead atoms. The van der Waals surface area contributed by atoms with Gasteiger partial charge in [0.1, 0.15) is 5.82 Å². The van der Waals surface area contributed by atoms with Crippen LogP contribution in [0.25, 0.3) is 0 Å². The molecule has 21 heavy (non-hydrogen) atoms. The first-order valence-electron chi connectivity index (χ1n) is 7.31. The highest BCUT2D eigenvalue weighted by Gasteiger charge is 2.13. The molecule has 6 nitrogen and oxygen atoms in total. The van der Waals surface area contributed by atoms with Gasteiger partial charge in [-0.2, -0.15) is 0 Å². The molecule has 116 valence electrons. The van der Waals surface area contributed by atoms with Crippen molar-refractivity contribution in [3.8, 4) is 0 Å². The Morgan fingerprint density at radius 1 is 1.24 bits per heavy atom. The summed E-state index contributed by atoms with van der Waals surface area (Å²) in [7, 11) is 0. The van der Waals surface area contributed by atoms with Crippen LogP contribution in [0.4, 0.5) is 5.82 Å². The van der Waals surface area contributed by atoms with Crippen LogP contribution in [0.1, 0.15) is 25.8 Å². The molecule has 1 aromatic rings. The predicted octanol–water partition coefficient (Wildman–Crippen LogP) is 1.18. The molecule has 0 saturated heterocycles. The van der Waals surface area contributed by atoms with Gasteiger partial charge in [-0.05, 0) is 50.7 Å². The SMILES string of the molecule is CCN(CC)CCCNC(=O)C(=O)Nc1cc(C)ccn1. The highest BCUT2D eigenvalue weighted by molar-refractivity contribution is 6.39. The molecule has 0 spiro atoms. The van der Waals surface area contributed by atoms with E-state index in [2.05, 4.69) is 34.4 Å². The number of nitrogens with one attached hydrogen (secondary N) is 2. The minimum absolute atomic E-state index is 0.387. The second-order valence-electron chi connectivity index (χ2n) is 4.81. The van der Waals surface area contributed by atoms with Crippen LogP contribution in [0.3, 0.4) is 0 Å². The maximum atomic E-state index is 11.7. The quantitative estimate of drug-likeness (QED) is 0.584. The van der Waals surface area contributed by atoms with Gasteiger partial charge >= 0.3 is 11.8 Å². The Morgan fingerprint density at radius 3 is 2.57 bits per heavy atom. The molecule has 0 saturated carbocycles. The van der Waals surface area contributed by atoms with Crippen molar-refractivity contribution in [3.63, 3.8) is 0 Å². The van der Waals surface area contributed by atoms with Gasteiger partial charge in [-0.25, -0.2) is 4.98 Å². The fourth-order valence-corrected chi connectivity index (χ4v) is 1.90. The Hall–Kier alpha value is -1.95. The third-order valence-electron chi connectivity index (χ3n) is 3.19. The van der Waals surface area contributed by atoms with Crippen molar-refractivity contribution in [1.29, 1.82) is 0 Å². The number of aromatic nitrogens is 1. The highest BCUT2D eigenvalue weighted by Crippen LogP contribution is 2.04. The molecule has 6 heteroatoms. The van der Waals surface area contributed by atoms with Gasteiger partial charge in [0.15, 0.2) is 0 Å². The number of pyridine rings is 1. The van der Waals surface area contributed by atoms with E-state index in [-0.39, 0.29) is 0 Å². The van der Waals surface area contributed by atoms with Crippen LogP contribution in [-0.2, 0) is 9.59 Å². The van der Waals surface area contributed by atoms with Crippen LogP contribution < -0.4 is 10.6 Å². The number of aryl methyl sites for hydroxylation is 1. The van der Waals surface area contributed by atoms with E-state index in [1.807, 2.05) is 13.0 Å². The zero-order valence-corrected chi connectivity index (χ0v) is 13.0. The first-order chi connectivity index (χ1) is 10.1. The van der Waals surface area contributed by atoms with Crippen molar-refractivity contribution in [2.45, 2.75) is 27.2 Å². The average Bonchev–Trinajstić information content (AvgIpc) is 2.47. The van der Waals surface area contributed by atoms with E-state index < -0.39 is 11.8 Å². The monoisotopic (exact) mass is 292 g/mol. The molecule has 2 N–H and O–H groups in total. The number of rotatable bonds is 7. The summed E-state index contributed by atoms with van der Waals surface area (Å²) in [6.45, 7) is 9.48. The molecule has 1 aromatic heterocycles. The minimum atomic E-state index is -0.684. The van der Waals surface area contributed by atoms with Gasteiger partial charge in [-0.1, -0.05) is 13.8 Å². The fraction of sp³-hybridized carbons (Fsp3) is 0.533. The summed E-state index contributed by atoms with van der Waals surface area (Å²) in [6, 6.07) is 3.54. The number of carbonyl (C=O) groups is 2. The molecule has 2 amide bonds. The van der Waals surface area contributed by atoms with E-state index in [0.717, 1.165) is 31.6 Å². The van der Waals surface area contributed by atoms with Gasteiger partial charge in [0, 0.05) is 12.7 Å². The Morgan fingerprint density at radius 2 is 1.95 bits per heavy atom. The molecule has 0 aromatic carbocycles. The lowest BCUT2D eigenvalue weighted by Crippen LogP contribution is -2.37. The van der Waals surface area contributed by atoms with Crippen molar-refractivity contribution < 1.29 is 9.59 Å². The normalized spacial score (nSPS) is 10.5. The largest absolute Gasteiger partial charge is 0.348 e. The Bertz CT molecular complexity index is 472. The van der Waals surface area contributed by atoms with Gasteiger partial charge < -0.3 is 15.5 Å². The van der Waals surface area contributed by atoms with Gasteiger partial charge in [0.25, 0.3) is 0 Å². The van der Waals surface area contributed by atoms with E-state index in [1.54, 1.807) is 12.3 Å². The zero-order valence-electron chi connectivity index (χ0n) is 13.0. The van der Waals surface area contributed by atoms with Gasteiger partial charge in [-0.3, -0.25) is 9.59 Å². The Balaban J connectivity index is 2.30. The Kier molecular flexibility index (Phi) is 7.39. The molecule has 0 aliphatic heterocycles. The molecule has 0 radical (unpaired) electrons. The van der Waals surface area contributed by atoms with Crippen LogP contribution in [0.2, 0.25) is 0 Å².